The van der Waals surface area contributed by atoms with E-state index in [0.29, 0.717) is 6.54 Å². The van der Waals surface area contributed by atoms with Gasteiger partial charge in [-0.2, -0.15) is 0 Å². The van der Waals surface area contributed by atoms with Gasteiger partial charge in [-0.3, -0.25) is 0 Å². The smallest absolute Gasteiger partial charge is 0.184 e. The molecule has 0 saturated carbocycles. The van der Waals surface area contributed by atoms with Crippen LogP contribution >= 0.6 is 11.8 Å². The molecule has 38 heavy (non-hydrogen) atoms. The summed E-state index contributed by atoms with van der Waals surface area (Å²) in [5, 5.41) is 9.46. The van der Waals surface area contributed by atoms with E-state index in [1.807, 2.05) is 54.6 Å². The van der Waals surface area contributed by atoms with Crippen molar-refractivity contribution < 1.29 is 19.3 Å². The Morgan fingerprint density at radius 3 is 2.32 bits per heavy atom. The summed E-state index contributed by atoms with van der Waals surface area (Å²) in [6.45, 7) is 0.518. The van der Waals surface area contributed by atoms with Gasteiger partial charge in [0.1, 0.15) is 5.75 Å². The summed E-state index contributed by atoms with van der Waals surface area (Å²) in [7, 11) is 1.70. The molecule has 5 rings (SSSR count). The van der Waals surface area contributed by atoms with E-state index in [2.05, 4.69) is 42.5 Å². The monoisotopic (exact) mass is 527 g/mol. The van der Waals surface area contributed by atoms with Gasteiger partial charge in [0.2, 0.25) is 0 Å². The first kappa shape index (κ1) is 26.5. The number of hydrogen-bond acceptors (Lipinski definition) is 6. The second kappa shape index (κ2) is 12.6. The standard InChI is InChI=1S/C32H33NO4S/c1-35-29-8-4-5-9-31(29)38-21-27-18-30(24-12-10-22(20-34)11-13-24)37-32(36-27)25-16-14-23(15-17-25)28-7-3-2-6-26(28)19-33/h2-17,27,30,32,34H,18-21,33H2,1H3. The van der Waals surface area contributed by atoms with Gasteiger partial charge >= 0.3 is 0 Å². The lowest BCUT2D eigenvalue weighted by atomic mass is 9.98. The molecule has 196 valence electrons. The van der Waals surface area contributed by atoms with Gasteiger partial charge in [0, 0.05) is 29.2 Å². The third kappa shape index (κ3) is 6.12. The van der Waals surface area contributed by atoms with Gasteiger partial charge < -0.3 is 25.1 Å². The van der Waals surface area contributed by atoms with Gasteiger partial charge in [-0.15, -0.1) is 11.8 Å². The Balaban J connectivity index is 1.38. The summed E-state index contributed by atoms with van der Waals surface area (Å²) < 4.78 is 18.6. The SMILES string of the molecule is COc1ccccc1SCC1CC(c2ccc(CO)cc2)OC(c2ccc(-c3ccccc3CN)cc2)O1. The first-order valence-corrected chi connectivity index (χ1v) is 13.8. The van der Waals surface area contributed by atoms with Gasteiger partial charge in [0.15, 0.2) is 6.29 Å². The van der Waals surface area contributed by atoms with Crippen molar-refractivity contribution in [2.24, 2.45) is 5.73 Å². The molecular formula is C32H33NO4S. The van der Waals surface area contributed by atoms with Gasteiger partial charge in [0.25, 0.3) is 0 Å². The predicted octanol–water partition coefficient (Wildman–Crippen LogP) is 6.65. The first-order chi connectivity index (χ1) is 18.7. The van der Waals surface area contributed by atoms with Gasteiger partial charge in [-0.25, -0.2) is 0 Å². The van der Waals surface area contributed by atoms with Crippen molar-refractivity contribution >= 4 is 11.8 Å². The molecule has 0 spiro atoms. The van der Waals surface area contributed by atoms with Crippen molar-refractivity contribution in [2.45, 2.75) is 43.0 Å². The average Bonchev–Trinajstić information content (AvgIpc) is 3.00. The average molecular weight is 528 g/mol. The van der Waals surface area contributed by atoms with Crippen LogP contribution in [0.5, 0.6) is 5.75 Å². The van der Waals surface area contributed by atoms with E-state index < -0.39 is 6.29 Å². The highest BCUT2D eigenvalue weighted by Gasteiger charge is 2.32. The molecule has 1 saturated heterocycles. The second-order valence-electron chi connectivity index (χ2n) is 9.30. The first-order valence-electron chi connectivity index (χ1n) is 12.8. The molecule has 1 aliphatic heterocycles. The Morgan fingerprint density at radius 1 is 0.868 bits per heavy atom. The summed E-state index contributed by atoms with van der Waals surface area (Å²) in [5.74, 6) is 1.64. The maximum atomic E-state index is 9.46. The molecule has 4 aromatic carbocycles. The number of methoxy groups -OCH3 is 1. The van der Waals surface area contributed by atoms with Crippen molar-refractivity contribution in [2.75, 3.05) is 12.9 Å². The summed E-state index contributed by atoms with van der Waals surface area (Å²) >= 11 is 1.73. The largest absolute Gasteiger partial charge is 0.496 e. The molecule has 3 atom stereocenters. The number of thioether (sulfide) groups is 1. The lowest BCUT2D eigenvalue weighted by Gasteiger charge is -2.36. The fraction of sp³-hybridized carbons (Fsp3) is 0.250. The van der Waals surface area contributed by atoms with Crippen LogP contribution in [0.15, 0.2) is 102 Å². The third-order valence-corrected chi connectivity index (χ3v) is 8.03. The number of aliphatic hydroxyl groups is 1. The highest BCUT2D eigenvalue weighted by molar-refractivity contribution is 7.99. The molecule has 0 bridgehead atoms. The van der Waals surface area contributed by atoms with Crippen LogP contribution in [0.25, 0.3) is 11.1 Å². The van der Waals surface area contributed by atoms with Crippen LogP contribution in [0.4, 0.5) is 0 Å². The number of para-hydroxylation sites is 1. The zero-order chi connectivity index (χ0) is 26.3. The number of ether oxygens (including phenoxy) is 3. The van der Waals surface area contributed by atoms with Crippen molar-refractivity contribution in [3.8, 4) is 16.9 Å². The van der Waals surface area contributed by atoms with Crippen LogP contribution < -0.4 is 10.5 Å². The normalized spacial score (nSPS) is 19.3. The molecular weight excluding hydrogens is 494 g/mol. The van der Waals surface area contributed by atoms with Crippen LogP contribution in [0.3, 0.4) is 0 Å². The number of nitrogens with two attached hydrogens (primary N) is 1. The van der Waals surface area contributed by atoms with Crippen LogP contribution in [0, 0.1) is 0 Å². The molecule has 4 aromatic rings. The third-order valence-electron chi connectivity index (χ3n) is 6.84. The van der Waals surface area contributed by atoms with E-state index in [-0.39, 0.29) is 18.8 Å². The summed E-state index contributed by atoms with van der Waals surface area (Å²) in [4.78, 5) is 1.09. The minimum absolute atomic E-state index is 0.0232. The van der Waals surface area contributed by atoms with Crippen molar-refractivity contribution in [1.82, 2.24) is 0 Å². The van der Waals surface area contributed by atoms with Crippen LogP contribution in [0.1, 0.15) is 41.1 Å². The molecule has 5 nitrogen and oxygen atoms in total. The van der Waals surface area contributed by atoms with E-state index >= 15 is 0 Å². The molecule has 3 unspecified atom stereocenters. The van der Waals surface area contributed by atoms with Crippen LogP contribution in [-0.4, -0.2) is 24.1 Å². The number of hydrogen-bond donors (Lipinski definition) is 2. The summed E-state index contributed by atoms with van der Waals surface area (Å²) in [6, 6.07) is 32.6. The Hall–Kier alpha value is -3.13. The Kier molecular flexibility index (Phi) is 8.79. The lowest BCUT2D eigenvalue weighted by Crippen LogP contribution is -2.31. The van der Waals surface area contributed by atoms with Crippen molar-refractivity contribution in [1.29, 1.82) is 0 Å². The van der Waals surface area contributed by atoms with Crippen LogP contribution in [0.2, 0.25) is 0 Å². The highest BCUT2D eigenvalue weighted by atomic mass is 32.2. The fourth-order valence-electron chi connectivity index (χ4n) is 4.74. The van der Waals surface area contributed by atoms with Crippen molar-refractivity contribution in [3.63, 3.8) is 0 Å². The van der Waals surface area contributed by atoms with E-state index in [9.17, 15) is 5.11 Å². The topological polar surface area (TPSA) is 73.9 Å². The molecule has 3 N–H and O–H groups in total. The molecule has 1 heterocycles. The number of benzene rings is 4. The fourth-order valence-corrected chi connectivity index (χ4v) is 5.79. The Labute approximate surface area is 228 Å². The maximum Gasteiger partial charge on any atom is 0.184 e. The molecule has 0 amide bonds. The van der Waals surface area contributed by atoms with E-state index in [0.717, 1.165) is 56.2 Å². The second-order valence-corrected chi connectivity index (χ2v) is 10.4. The summed E-state index contributed by atoms with van der Waals surface area (Å²) in [5.41, 5.74) is 12.3. The Bertz CT molecular complexity index is 1330. The lowest BCUT2D eigenvalue weighted by molar-refractivity contribution is -0.245. The summed E-state index contributed by atoms with van der Waals surface area (Å²) in [6.07, 6.45) is 0.0959. The molecule has 1 aliphatic rings. The van der Waals surface area contributed by atoms with E-state index in [1.165, 1.54) is 0 Å². The quantitative estimate of drug-likeness (QED) is 0.237. The molecule has 6 heteroatoms. The zero-order valence-electron chi connectivity index (χ0n) is 21.5. The Morgan fingerprint density at radius 2 is 1.58 bits per heavy atom. The van der Waals surface area contributed by atoms with Crippen molar-refractivity contribution in [3.05, 3.63) is 119 Å². The van der Waals surface area contributed by atoms with E-state index in [1.54, 1.807) is 18.9 Å². The zero-order valence-corrected chi connectivity index (χ0v) is 22.3. The van der Waals surface area contributed by atoms with Gasteiger partial charge in [-0.1, -0.05) is 84.9 Å². The number of rotatable bonds is 9. The minimum Gasteiger partial charge on any atom is -0.496 e. The molecule has 0 aliphatic carbocycles. The van der Waals surface area contributed by atoms with Gasteiger partial charge in [-0.05, 0) is 39.9 Å². The number of aliphatic hydroxyl groups excluding tert-OH is 1. The predicted molar refractivity (Wildman–Crippen MR) is 152 cm³/mol. The van der Waals surface area contributed by atoms with Gasteiger partial charge in [0.05, 0.1) is 25.9 Å². The maximum absolute atomic E-state index is 9.46. The molecule has 1 fully saturated rings. The van der Waals surface area contributed by atoms with Crippen LogP contribution in [-0.2, 0) is 22.6 Å². The minimum atomic E-state index is -0.492. The molecule has 0 radical (unpaired) electrons. The highest BCUT2D eigenvalue weighted by Crippen LogP contribution is 2.40. The van der Waals surface area contributed by atoms with E-state index in [4.69, 9.17) is 19.9 Å². The molecule has 0 aromatic heterocycles.